The number of nitrogens with zero attached hydrogens (tertiary/aromatic N) is 1. The number of benzene rings is 2. The van der Waals surface area contributed by atoms with Crippen molar-refractivity contribution in [3.8, 4) is 5.75 Å². The largest absolute Gasteiger partial charge is 0.497 e. The van der Waals surface area contributed by atoms with Gasteiger partial charge in [0.05, 0.1) is 20.2 Å². The summed E-state index contributed by atoms with van der Waals surface area (Å²) in [5.41, 5.74) is 3.42. The van der Waals surface area contributed by atoms with Crippen LogP contribution >= 0.6 is 11.8 Å². The smallest absolute Gasteiger partial charge is 0.239 e. The van der Waals surface area contributed by atoms with Gasteiger partial charge in [0.25, 0.3) is 0 Å². The maximum absolute atomic E-state index is 12.2. The monoisotopic (exact) mass is 414 g/mol. The maximum atomic E-state index is 12.2. The van der Waals surface area contributed by atoms with Crippen molar-refractivity contribution in [1.29, 1.82) is 0 Å². The predicted molar refractivity (Wildman–Crippen MR) is 121 cm³/mol. The first kappa shape index (κ1) is 22.6. The van der Waals surface area contributed by atoms with E-state index in [9.17, 15) is 4.79 Å². The molecule has 0 aromatic heterocycles. The quantitative estimate of drug-likeness (QED) is 0.334. The molecule has 0 aliphatic rings. The molecular weight excluding hydrogens is 384 g/mol. The molecule has 0 atom stereocenters. The van der Waals surface area contributed by atoms with Gasteiger partial charge in [0, 0.05) is 18.0 Å². The number of carbonyl (C=O) groups excluding carboxylic acids is 1. The lowest BCUT2D eigenvalue weighted by Gasteiger charge is -2.12. The van der Waals surface area contributed by atoms with Crippen LogP contribution in [0.5, 0.6) is 5.75 Å². The number of rotatable bonds is 9. The first-order valence-electron chi connectivity index (χ1n) is 9.61. The molecule has 3 N–H and O–H groups in total. The van der Waals surface area contributed by atoms with Gasteiger partial charge in [-0.3, -0.25) is 4.79 Å². The van der Waals surface area contributed by atoms with Crippen LogP contribution in [0.15, 0.2) is 52.4 Å². The van der Waals surface area contributed by atoms with Gasteiger partial charge in [-0.25, -0.2) is 4.99 Å². The zero-order valence-corrected chi connectivity index (χ0v) is 18.4. The number of hydrogen-bond acceptors (Lipinski definition) is 4. The van der Waals surface area contributed by atoms with E-state index in [-0.39, 0.29) is 12.5 Å². The average molecular weight is 415 g/mol. The Labute approximate surface area is 177 Å². The highest BCUT2D eigenvalue weighted by Crippen LogP contribution is 2.22. The normalized spacial score (nSPS) is 11.1. The molecule has 0 bridgehead atoms. The fourth-order valence-corrected chi connectivity index (χ4v) is 3.36. The SMILES string of the molecule is CCNC(=NCc1ccc(C)cc1SC)NCC(=O)NCc1ccc(OC)cc1. The van der Waals surface area contributed by atoms with Crippen LogP contribution in [0.3, 0.4) is 0 Å². The number of hydrogen-bond donors (Lipinski definition) is 3. The summed E-state index contributed by atoms with van der Waals surface area (Å²) in [5, 5.41) is 9.18. The van der Waals surface area contributed by atoms with Crippen molar-refractivity contribution in [3.05, 3.63) is 59.2 Å². The summed E-state index contributed by atoms with van der Waals surface area (Å²) in [4.78, 5) is 18.0. The molecule has 7 heteroatoms. The third-order valence-corrected chi connectivity index (χ3v) is 5.08. The number of aryl methyl sites for hydroxylation is 1. The molecule has 2 aromatic carbocycles. The lowest BCUT2D eigenvalue weighted by Crippen LogP contribution is -2.43. The minimum Gasteiger partial charge on any atom is -0.497 e. The highest BCUT2D eigenvalue weighted by Gasteiger charge is 2.06. The van der Waals surface area contributed by atoms with Crippen LogP contribution < -0.4 is 20.7 Å². The van der Waals surface area contributed by atoms with E-state index in [4.69, 9.17) is 4.74 Å². The van der Waals surface area contributed by atoms with E-state index in [2.05, 4.69) is 52.3 Å². The molecule has 29 heavy (non-hydrogen) atoms. The van der Waals surface area contributed by atoms with Gasteiger partial charge in [-0.05, 0) is 55.0 Å². The Balaban J connectivity index is 1.87. The lowest BCUT2D eigenvalue weighted by atomic mass is 10.1. The van der Waals surface area contributed by atoms with Gasteiger partial charge in [-0.15, -0.1) is 11.8 Å². The number of nitrogens with one attached hydrogen (secondary N) is 3. The standard InChI is InChI=1S/C22H30N4O2S/c1-5-23-22(25-14-18-9-6-16(2)12-20(18)29-4)26-15-21(27)24-13-17-7-10-19(28-3)11-8-17/h6-12H,5,13-15H2,1-4H3,(H,24,27)(H2,23,25,26). The predicted octanol–water partition coefficient (Wildman–Crippen LogP) is 3.10. The number of methoxy groups -OCH3 is 1. The second-order valence-corrected chi connectivity index (χ2v) is 7.34. The van der Waals surface area contributed by atoms with Crippen LogP contribution in [-0.2, 0) is 17.9 Å². The first-order valence-corrected chi connectivity index (χ1v) is 10.8. The van der Waals surface area contributed by atoms with E-state index >= 15 is 0 Å². The average Bonchev–Trinajstić information content (AvgIpc) is 2.75. The fourth-order valence-electron chi connectivity index (χ4n) is 2.66. The molecule has 0 unspecified atom stereocenters. The second-order valence-electron chi connectivity index (χ2n) is 6.49. The Morgan fingerprint density at radius 2 is 1.86 bits per heavy atom. The zero-order chi connectivity index (χ0) is 21.1. The van der Waals surface area contributed by atoms with Gasteiger partial charge in [0.1, 0.15) is 5.75 Å². The first-order chi connectivity index (χ1) is 14.0. The van der Waals surface area contributed by atoms with Crippen molar-refractivity contribution in [2.75, 3.05) is 26.5 Å². The van der Waals surface area contributed by atoms with Crippen molar-refractivity contribution in [2.45, 2.75) is 31.8 Å². The van der Waals surface area contributed by atoms with E-state index in [1.54, 1.807) is 18.9 Å². The Kier molecular flexibility index (Phi) is 9.37. The molecule has 0 aliphatic heterocycles. The van der Waals surface area contributed by atoms with Crippen molar-refractivity contribution in [2.24, 2.45) is 4.99 Å². The molecule has 0 saturated heterocycles. The van der Waals surface area contributed by atoms with E-state index in [0.29, 0.717) is 19.0 Å². The van der Waals surface area contributed by atoms with Crippen molar-refractivity contribution >= 4 is 23.6 Å². The summed E-state index contributed by atoms with van der Waals surface area (Å²) >= 11 is 1.72. The number of aliphatic imine (C=N–C) groups is 1. The topological polar surface area (TPSA) is 74.8 Å². The third kappa shape index (κ3) is 7.69. The highest BCUT2D eigenvalue weighted by molar-refractivity contribution is 7.98. The zero-order valence-electron chi connectivity index (χ0n) is 17.5. The van der Waals surface area contributed by atoms with E-state index in [1.807, 2.05) is 31.2 Å². The summed E-state index contributed by atoms with van der Waals surface area (Å²) in [5.74, 6) is 1.33. The molecular formula is C22H30N4O2S. The van der Waals surface area contributed by atoms with Crippen LogP contribution in [-0.4, -0.2) is 38.3 Å². The Bertz CT molecular complexity index is 822. The van der Waals surface area contributed by atoms with Crippen molar-refractivity contribution in [1.82, 2.24) is 16.0 Å². The minimum atomic E-state index is -0.0911. The number of ether oxygens (including phenoxy) is 1. The van der Waals surface area contributed by atoms with Gasteiger partial charge < -0.3 is 20.7 Å². The summed E-state index contributed by atoms with van der Waals surface area (Å²) < 4.78 is 5.14. The molecule has 2 aromatic rings. The van der Waals surface area contributed by atoms with Crippen molar-refractivity contribution in [3.63, 3.8) is 0 Å². The number of carbonyl (C=O) groups is 1. The molecule has 2 rings (SSSR count). The third-order valence-electron chi connectivity index (χ3n) is 4.26. The van der Waals surface area contributed by atoms with Gasteiger partial charge in [0.2, 0.25) is 5.91 Å². The van der Waals surface area contributed by atoms with Crippen LogP contribution in [0.4, 0.5) is 0 Å². The molecule has 156 valence electrons. The van der Waals surface area contributed by atoms with Gasteiger partial charge in [-0.1, -0.05) is 24.3 Å². The highest BCUT2D eigenvalue weighted by atomic mass is 32.2. The number of thioether (sulfide) groups is 1. The molecule has 0 heterocycles. The van der Waals surface area contributed by atoms with E-state index < -0.39 is 0 Å². The molecule has 1 amide bonds. The molecule has 0 fully saturated rings. The van der Waals surface area contributed by atoms with Crippen LogP contribution in [0, 0.1) is 6.92 Å². The van der Waals surface area contributed by atoms with Crippen molar-refractivity contribution < 1.29 is 9.53 Å². The van der Waals surface area contributed by atoms with Crippen LogP contribution in [0.25, 0.3) is 0 Å². The Hall–Kier alpha value is -2.67. The summed E-state index contributed by atoms with van der Waals surface area (Å²) in [6, 6.07) is 14.0. The summed E-state index contributed by atoms with van der Waals surface area (Å²) in [6.07, 6.45) is 2.07. The number of guanidine groups is 1. The molecule has 0 aliphatic carbocycles. The van der Waals surface area contributed by atoms with Gasteiger partial charge in [0.15, 0.2) is 5.96 Å². The second kappa shape index (κ2) is 12.0. The molecule has 0 spiro atoms. The molecule has 6 nitrogen and oxygen atoms in total. The van der Waals surface area contributed by atoms with E-state index in [0.717, 1.165) is 17.9 Å². The summed E-state index contributed by atoms with van der Waals surface area (Å²) in [6.45, 7) is 5.99. The number of amides is 1. The van der Waals surface area contributed by atoms with Gasteiger partial charge in [-0.2, -0.15) is 0 Å². The Morgan fingerprint density at radius 1 is 1.10 bits per heavy atom. The lowest BCUT2D eigenvalue weighted by molar-refractivity contribution is -0.120. The summed E-state index contributed by atoms with van der Waals surface area (Å²) in [7, 11) is 1.63. The van der Waals surface area contributed by atoms with Gasteiger partial charge >= 0.3 is 0 Å². The maximum Gasteiger partial charge on any atom is 0.239 e. The minimum absolute atomic E-state index is 0.0911. The molecule has 0 saturated carbocycles. The van der Waals surface area contributed by atoms with Crippen LogP contribution in [0.1, 0.15) is 23.6 Å². The Morgan fingerprint density at radius 3 is 2.52 bits per heavy atom. The van der Waals surface area contributed by atoms with E-state index in [1.165, 1.54) is 16.0 Å². The fraction of sp³-hybridized carbons (Fsp3) is 0.364. The van der Waals surface area contributed by atoms with Crippen LogP contribution in [0.2, 0.25) is 0 Å². The molecule has 0 radical (unpaired) electrons.